The van der Waals surface area contributed by atoms with E-state index in [1.54, 1.807) is 19.2 Å². The van der Waals surface area contributed by atoms with Crippen molar-refractivity contribution in [3.05, 3.63) is 56.5 Å². The average Bonchev–Trinajstić information content (AvgIpc) is 2.43. The highest BCUT2D eigenvalue weighted by Crippen LogP contribution is 2.28. The molecule has 0 saturated carbocycles. The van der Waals surface area contributed by atoms with Gasteiger partial charge in [-0.2, -0.15) is 0 Å². The van der Waals surface area contributed by atoms with Gasteiger partial charge in [0.15, 0.2) is 0 Å². The SMILES string of the molecule is COc1cc(Br)ccc1C(=O)Nc1cccc(C)c1Br. The second kappa shape index (κ2) is 6.41. The summed E-state index contributed by atoms with van der Waals surface area (Å²) in [6, 6.07) is 11.0. The lowest BCUT2D eigenvalue weighted by Crippen LogP contribution is -2.13. The number of ether oxygens (including phenoxy) is 1. The molecule has 0 unspecified atom stereocenters. The van der Waals surface area contributed by atoms with Crippen molar-refractivity contribution in [3.8, 4) is 5.75 Å². The summed E-state index contributed by atoms with van der Waals surface area (Å²) in [4.78, 5) is 12.3. The molecular formula is C15H13Br2NO2. The third-order valence-corrected chi connectivity index (χ3v) is 4.39. The maximum Gasteiger partial charge on any atom is 0.259 e. The van der Waals surface area contributed by atoms with Crippen molar-refractivity contribution in [2.45, 2.75) is 6.92 Å². The standard InChI is InChI=1S/C15H13Br2NO2/c1-9-4-3-5-12(14(9)17)18-15(19)11-7-6-10(16)8-13(11)20-2/h3-8H,1-2H3,(H,18,19). The number of carbonyl (C=O) groups is 1. The van der Waals surface area contributed by atoms with Crippen LogP contribution in [-0.2, 0) is 0 Å². The Balaban J connectivity index is 2.31. The van der Waals surface area contributed by atoms with Crippen LogP contribution in [-0.4, -0.2) is 13.0 Å². The van der Waals surface area contributed by atoms with Crippen LogP contribution in [0.3, 0.4) is 0 Å². The van der Waals surface area contributed by atoms with Crippen molar-refractivity contribution in [2.24, 2.45) is 0 Å². The number of amides is 1. The molecule has 0 aliphatic rings. The van der Waals surface area contributed by atoms with Crippen LogP contribution in [0.5, 0.6) is 5.75 Å². The Hall–Kier alpha value is -1.33. The van der Waals surface area contributed by atoms with E-state index in [4.69, 9.17) is 4.74 Å². The minimum Gasteiger partial charge on any atom is -0.496 e. The van der Waals surface area contributed by atoms with Crippen molar-refractivity contribution in [3.63, 3.8) is 0 Å². The lowest BCUT2D eigenvalue weighted by atomic mass is 10.1. The van der Waals surface area contributed by atoms with Crippen LogP contribution in [0, 0.1) is 6.92 Å². The molecule has 104 valence electrons. The first kappa shape index (κ1) is 15.1. The molecule has 0 spiro atoms. The zero-order chi connectivity index (χ0) is 14.7. The molecule has 0 aliphatic carbocycles. The fourth-order valence-corrected chi connectivity index (χ4v) is 2.49. The smallest absolute Gasteiger partial charge is 0.259 e. The summed E-state index contributed by atoms with van der Waals surface area (Å²) in [5.74, 6) is 0.321. The van der Waals surface area contributed by atoms with Gasteiger partial charge in [0.25, 0.3) is 5.91 Å². The predicted molar refractivity (Wildman–Crippen MR) is 87.5 cm³/mol. The van der Waals surface area contributed by atoms with Gasteiger partial charge in [-0.25, -0.2) is 0 Å². The van der Waals surface area contributed by atoms with Crippen molar-refractivity contribution in [1.29, 1.82) is 0 Å². The van der Waals surface area contributed by atoms with E-state index in [1.165, 1.54) is 0 Å². The summed E-state index contributed by atoms with van der Waals surface area (Å²) in [5.41, 5.74) is 2.29. The molecule has 20 heavy (non-hydrogen) atoms. The van der Waals surface area contributed by atoms with Crippen LogP contribution in [0.2, 0.25) is 0 Å². The zero-order valence-electron chi connectivity index (χ0n) is 11.0. The average molecular weight is 399 g/mol. The van der Waals surface area contributed by atoms with Gasteiger partial charge in [0, 0.05) is 8.95 Å². The monoisotopic (exact) mass is 397 g/mol. The van der Waals surface area contributed by atoms with Gasteiger partial charge in [-0.1, -0.05) is 28.1 Å². The number of hydrogen-bond acceptors (Lipinski definition) is 2. The molecule has 0 fully saturated rings. The van der Waals surface area contributed by atoms with Crippen molar-refractivity contribution in [2.75, 3.05) is 12.4 Å². The molecule has 2 aromatic rings. The number of rotatable bonds is 3. The molecule has 5 heteroatoms. The summed E-state index contributed by atoms with van der Waals surface area (Å²) in [7, 11) is 1.54. The first-order chi connectivity index (χ1) is 9.52. The second-order valence-electron chi connectivity index (χ2n) is 4.24. The number of nitrogens with one attached hydrogen (secondary N) is 1. The quantitative estimate of drug-likeness (QED) is 0.807. The van der Waals surface area contributed by atoms with Crippen molar-refractivity contribution >= 4 is 43.5 Å². The minimum absolute atomic E-state index is 0.208. The van der Waals surface area contributed by atoms with Gasteiger partial charge in [0.2, 0.25) is 0 Å². The third kappa shape index (κ3) is 3.22. The van der Waals surface area contributed by atoms with Crippen LogP contribution >= 0.6 is 31.9 Å². The first-order valence-corrected chi connectivity index (χ1v) is 7.51. The van der Waals surface area contributed by atoms with Gasteiger partial charge in [-0.3, -0.25) is 4.79 Å². The van der Waals surface area contributed by atoms with E-state index >= 15 is 0 Å². The number of benzene rings is 2. The van der Waals surface area contributed by atoms with Crippen molar-refractivity contribution < 1.29 is 9.53 Å². The highest BCUT2D eigenvalue weighted by Gasteiger charge is 2.14. The molecule has 0 radical (unpaired) electrons. The number of methoxy groups -OCH3 is 1. The molecule has 0 heterocycles. The van der Waals surface area contributed by atoms with E-state index < -0.39 is 0 Å². The summed E-state index contributed by atoms with van der Waals surface area (Å²) < 4.78 is 6.98. The molecule has 0 aromatic heterocycles. The fraction of sp³-hybridized carbons (Fsp3) is 0.133. The molecule has 0 saturated heterocycles. The molecule has 0 atom stereocenters. The normalized spacial score (nSPS) is 10.2. The molecule has 2 rings (SSSR count). The molecule has 0 aliphatic heterocycles. The summed E-state index contributed by atoms with van der Waals surface area (Å²) in [6.07, 6.45) is 0. The topological polar surface area (TPSA) is 38.3 Å². The van der Waals surface area contributed by atoms with Gasteiger partial charge in [-0.05, 0) is 52.7 Å². The van der Waals surface area contributed by atoms with E-state index in [1.807, 2.05) is 31.2 Å². The number of hydrogen-bond donors (Lipinski definition) is 1. The molecule has 0 bridgehead atoms. The van der Waals surface area contributed by atoms with Crippen LogP contribution in [0.4, 0.5) is 5.69 Å². The first-order valence-electron chi connectivity index (χ1n) is 5.93. The molecule has 2 aromatic carbocycles. The summed E-state index contributed by atoms with van der Waals surface area (Å²) in [6.45, 7) is 1.97. The molecule has 1 N–H and O–H groups in total. The molecule has 3 nitrogen and oxygen atoms in total. The van der Waals surface area contributed by atoms with Gasteiger partial charge < -0.3 is 10.1 Å². The Kier molecular flexibility index (Phi) is 4.83. The third-order valence-electron chi connectivity index (χ3n) is 2.85. The summed E-state index contributed by atoms with van der Waals surface area (Å²) in [5, 5.41) is 2.88. The predicted octanol–water partition coefficient (Wildman–Crippen LogP) is 4.78. The van der Waals surface area contributed by atoms with Gasteiger partial charge in [0.1, 0.15) is 5.75 Å². The van der Waals surface area contributed by atoms with Crippen LogP contribution in [0.15, 0.2) is 45.3 Å². The van der Waals surface area contributed by atoms with Crippen LogP contribution in [0.25, 0.3) is 0 Å². The number of aryl methyl sites for hydroxylation is 1. The number of anilines is 1. The fourth-order valence-electron chi connectivity index (χ4n) is 1.79. The highest BCUT2D eigenvalue weighted by molar-refractivity contribution is 9.11. The minimum atomic E-state index is -0.208. The van der Waals surface area contributed by atoms with E-state index in [-0.39, 0.29) is 5.91 Å². The highest BCUT2D eigenvalue weighted by atomic mass is 79.9. The van der Waals surface area contributed by atoms with E-state index in [9.17, 15) is 4.79 Å². The molecular weight excluding hydrogens is 386 g/mol. The van der Waals surface area contributed by atoms with E-state index in [2.05, 4.69) is 37.2 Å². The van der Waals surface area contributed by atoms with Gasteiger partial charge in [0.05, 0.1) is 18.4 Å². The number of carbonyl (C=O) groups excluding carboxylic acids is 1. The van der Waals surface area contributed by atoms with Gasteiger partial charge >= 0.3 is 0 Å². The largest absolute Gasteiger partial charge is 0.496 e. The zero-order valence-corrected chi connectivity index (χ0v) is 14.2. The Morgan fingerprint density at radius 3 is 2.65 bits per heavy atom. The maximum absolute atomic E-state index is 12.3. The van der Waals surface area contributed by atoms with Crippen LogP contribution in [0.1, 0.15) is 15.9 Å². The molecule has 1 amide bonds. The Morgan fingerprint density at radius 2 is 1.95 bits per heavy atom. The summed E-state index contributed by atoms with van der Waals surface area (Å²) >= 11 is 6.83. The lowest BCUT2D eigenvalue weighted by Gasteiger charge is -2.11. The van der Waals surface area contributed by atoms with E-state index in [0.717, 1.165) is 20.2 Å². The Labute approximate surface area is 134 Å². The number of halogens is 2. The van der Waals surface area contributed by atoms with Crippen molar-refractivity contribution in [1.82, 2.24) is 0 Å². The maximum atomic E-state index is 12.3. The Morgan fingerprint density at radius 1 is 1.20 bits per heavy atom. The lowest BCUT2D eigenvalue weighted by molar-refractivity contribution is 0.102. The Bertz CT molecular complexity index is 656. The van der Waals surface area contributed by atoms with Crippen LogP contribution < -0.4 is 10.1 Å². The van der Waals surface area contributed by atoms with Gasteiger partial charge in [-0.15, -0.1) is 0 Å². The van der Waals surface area contributed by atoms with E-state index in [0.29, 0.717) is 11.3 Å². The second-order valence-corrected chi connectivity index (χ2v) is 5.94.